The van der Waals surface area contributed by atoms with Crippen molar-refractivity contribution < 1.29 is 19.1 Å². The summed E-state index contributed by atoms with van der Waals surface area (Å²) < 4.78 is 11.4. The van der Waals surface area contributed by atoms with Crippen LogP contribution in [0.25, 0.3) is 5.57 Å². The Bertz CT molecular complexity index is 1260. The molecule has 3 heterocycles. The lowest BCUT2D eigenvalue weighted by atomic mass is 9.64. The predicted molar refractivity (Wildman–Crippen MR) is 118 cm³/mol. The summed E-state index contributed by atoms with van der Waals surface area (Å²) in [6.45, 7) is 7.84. The number of nitrogens with zero attached hydrogens (tertiary/aromatic N) is 2. The Hall–Kier alpha value is -3.53. The van der Waals surface area contributed by atoms with Crippen LogP contribution in [0.1, 0.15) is 51.7 Å². The molecule has 7 nitrogen and oxygen atoms in total. The minimum Gasteiger partial charge on any atom is -0.497 e. The third-order valence-corrected chi connectivity index (χ3v) is 7.01. The second-order valence-electron chi connectivity index (χ2n) is 9.63. The van der Waals surface area contributed by atoms with Crippen molar-refractivity contribution in [1.82, 2.24) is 0 Å². The first-order valence-electron chi connectivity index (χ1n) is 10.7. The van der Waals surface area contributed by atoms with Crippen LogP contribution in [0, 0.1) is 17.2 Å². The molecule has 0 saturated heterocycles. The molecule has 3 aliphatic heterocycles. The van der Waals surface area contributed by atoms with E-state index in [2.05, 4.69) is 6.07 Å². The van der Waals surface area contributed by atoms with Crippen molar-refractivity contribution in [3.05, 3.63) is 52.1 Å². The number of nitriles is 1. The molecule has 0 aromatic heterocycles. The number of amides is 1. The zero-order valence-corrected chi connectivity index (χ0v) is 18.8. The van der Waals surface area contributed by atoms with Crippen molar-refractivity contribution in [3.8, 4) is 11.8 Å². The Balaban J connectivity index is 1.97. The molecular weight excluding hydrogens is 406 g/mol. The van der Waals surface area contributed by atoms with Gasteiger partial charge < -0.3 is 20.1 Å². The number of carbonyl (C=O) groups is 2. The molecule has 164 valence electrons. The highest BCUT2D eigenvalue weighted by molar-refractivity contribution is 6.22. The topological polar surface area (TPSA) is 106 Å². The molecule has 5 rings (SSSR count). The molecule has 0 saturated carbocycles. The standard InChI is InChI=1S/C25H25N3O4/c1-12-6-18(29)20-19(7-12)32-22(27)17(11-26)25(20)16-9-14(31-5)8-15-13(2)10-24(3,4)28(21(15)16)23(25)30/h8-10,12H,6-7,27H2,1-5H3/t12-,25-/m0/s1. The minimum absolute atomic E-state index is 0.0394. The summed E-state index contributed by atoms with van der Waals surface area (Å²) in [6.07, 6.45) is 2.78. The predicted octanol–water partition coefficient (Wildman–Crippen LogP) is 3.45. The fourth-order valence-electron chi connectivity index (χ4n) is 5.85. The lowest BCUT2D eigenvalue weighted by molar-refractivity contribution is -0.125. The molecule has 1 spiro atoms. The highest BCUT2D eigenvalue weighted by atomic mass is 16.5. The zero-order valence-electron chi connectivity index (χ0n) is 18.8. The SMILES string of the molecule is COc1cc2c3c(c1)[C@]1(C(=O)N3C(C)(C)C=C2C)C(C#N)=C(N)OC2=C1C(=O)C[C@H](C)C2. The Morgan fingerprint density at radius 2 is 2.00 bits per heavy atom. The number of methoxy groups -OCH3 is 1. The lowest BCUT2D eigenvalue weighted by Crippen LogP contribution is -2.54. The molecule has 1 aliphatic carbocycles. The molecule has 1 aromatic rings. The van der Waals surface area contributed by atoms with Crippen molar-refractivity contribution in [2.45, 2.75) is 51.5 Å². The van der Waals surface area contributed by atoms with Gasteiger partial charge in [-0.05, 0) is 44.4 Å². The smallest absolute Gasteiger partial charge is 0.248 e. The van der Waals surface area contributed by atoms with E-state index < -0.39 is 11.0 Å². The van der Waals surface area contributed by atoms with Gasteiger partial charge in [-0.15, -0.1) is 0 Å². The number of carbonyl (C=O) groups excluding carboxylic acids is 2. The van der Waals surface area contributed by atoms with Crippen molar-refractivity contribution >= 4 is 23.0 Å². The van der Waals surface area contributed by atoms with Crippen molar-refractivity contribution in [2.75, 3.05) is 12.0 Å². The van der Waals surface area contributed by atoms with E-state index in [9.17, 15) is 14.9 Å². The molecule has 1 amide bonds. The summed E-state index contributed by atoms with van der Waals surface area (Å²) in [7, 11) is 1.55. The Morgan fingerprint density at radius 3 is 2.66 bits per heavy atom. The van der Waals surface area contributed by atoms with E-state index in [0.717, 1.165) is 11.1 Å². The van der Waals surface area contributed by atoms with Gasteiger partial charge in [-0.2, -0.15) is 5.26 Å². The van der Waals surface area contributed by atoms with Gasteiger partial charge in [0.05, 0.1) is 23.9 Å². The second kappa shape index (κ2) is 6.26. The van der Waals surface area contributed by atoms with Gasteiger partial charge in [-0.1, -0.05) is 13.0 Å². The lowest BCUT2D eigenvalue weighted by Gasteiger charge is -2.41. The number of allylic oxidation sites excluding steroid dienone is 2. The molecular formula is C25H25N3O4. The maximum Gasteiger partial charge on any atom is 0.248 e. The number of fused-ring (bicyclic) bond motifs is 2. The maximum absolute atomic E-state index is 14.4. The van der Waals surface area contributed by atoms with Crippen molar-refractivity contribution in [1.29, 1.82) is 5.26 Å². The van der Waals surface area contributed by atoms with E-state index in [-0.39, 0.29) is 41.1 Å². The summed E-state index contributed by atoms with van der Waals surface area (Å²) in [4.78, 5) is 29.6. The monoisotopic (exact) mass is 431 g/mol. The summed E-state index contributed by atoms with van der Waals surface area (Å²) in [6, 6.07) is 5.77. The van der Waals surface area contributed by atoms with E-state index >= 15 is 0 Å². The van der Waals surface area contributed by atoms with Crippen LogP contribution in [0.5, 0.6) is 5.75 Å². The summed E-state index contributed by atoms with van der Waals surface area (Å²) >= 11 is 0. The largest absolute Gasteiger partial charge is 0.497 e. The number of hydrogen-bond acceptors (Lipinski definition) is 6. The van der Waals surface area contributed by atoms with Crippen LogP contribution in [0.2, 0.25) is 0 Å². The summed E-state index contributed by atoms with van der Waals surface area (Å²) in [5.74, 6) is 0.318. The molecule has 2 N–H and O–H groups in total. The van der Waals surface area contributed by atoms with Gasteiger partial charge in [0.1, 0.15) is 28.6 Å². The van der Waals surface area contributed by atoms with E-state index in [1.165, 1.54) is 0 Å². The highest BCUT2D eigenvalue weighted by Crippen LogP contribution is 2.60. The Morgan fingerprint density at radius 1 is 1.28 bits per heavy atom. The van der Waals surface area contributed by atoms with Gasteiger partial charge in [-0.25, -0.2) is 0 Å². The van der Waals surface area contributed by atoms with Crippen molar-refractivity contribution in [2.24, 2.45) is 11.7 Å². The molecule has 0 bridgehead atoms. The third-order valence-electron chi connectivity index (χ3n) is 7.01. The van der Waals surface area contributed by atoms with Gasteiger partial charge in [-0.3, -0.25) is 9.59 Å². The molecule has 32 heavy (non-hydrogen) atoms. The second-order valence-corrected chi connectivity index (χ2v) is 9.63. The number of benzene rings is 1. The minimum atomic E-state index is -1.64. The number of ketones is 1. The molecule has 0 radical (unpaired) electrons. The van der Waals surface area contributed by atoms with E-state index in [0.29, 0.717) is 29.2 Å². The molecule has 4 aliphatic rings. The number of ether oxygens (including phenoxy) is 2. The van der Waals surface area contributed by atoms with Crippen LogP contribution in [-0.2, 0) is 19.7 Å². The number of anilines is 1. The van der Waals surface area contributed by atoms with E-state index in [1.807, 2.05) is 39.8 Å². The van der Waals surface area contributed by atoms with Gasteiger partial charge in [0.2, 0.25) is 11.8 Å². The van der Waals surface area contributed by atoms with Crippen LogP contribution >= 0.6 is 0 Å². The number of rotatable bonds is 1. The fraction of sp³-hybridized carbons (Fsp3) is 0.400. The van der Waals surface area contributed by atoms with Crippen LogP contribution in [0.4, 0.5) is 5.69 Å². The Kier molecular flexibility index (Phi) is 3.98. The number of nitrogens with two attached hydrogens (primary N) is 1. The number of Topliss-reactive ketones (excluding diaryl/α,β-unsaturated/α-hetero) is 1. The van der Waals surface area contributed by atoms with Gasteiger partial charge in [0.15, 0.2) is 5.78 Å². The average Bonchev–Trinajstić information content (AvgIpc) is 2.95. The van der Waals surface area contributed by atoms with Gasteiger partial charge in [0, 0.05) is 24.0 Å². The quantitative estimate of drug-likeness (QED) is 0.730. The van der Waals surface area contributed by atoms with Gasteiger partial charge >= 0.3 is 0 Å². The van der Waals surface area contributed by atoms with Crippen LogP contribution in [0.15, 0.2) is 41.0 Å². The molecule has 1 aromatic carbocycles. The first-order chi connectivity index (χ1) is 15.1. The molecule has 7 heteroatoms. The third kappa shape index (κ3) is 2.24. The van der Waals surface area contributed by atoms with E-state index in [1.54, 1.807) is 18.1 Å². The first kappa shape index (κ1) is 20.4. The van der Waals surface area contributed by atoms with E-state index in [4.69, 9.17) is 15.2 Å². The van der Waals surface area contributed by atoms with Crippen molar-refractivity contribution in [3.63, 3.8) is 0 Å². The van der Waals surface area contributed by atoms with Gasteiger partial charge in [0.25, 0.3) is 0 Å². The zero-order chi connectivity index (χ0) is 23.2. The highest BCUT2D eigenvalue weighted by Gasteiger charge is 2.65. The molecule has 2 atom stereocenters. The fourth-order valence-corrected chi connectivity index (χ4v) is 5.85. The van der Waals surface area contributed by atoms with Crippen LogP contribution < -0.4 is 15.4 Å². The molecule has 0 unspecified atom stereocenters. The van der Waals surface area contributed by atoms with Crippen LogP contribution in [0.3, 0.4) is 0 Å². The summed E-state index contributed by atoms with van der Waals surface area (Å²) in [5, 5.41) is 10.2. The maximum atomic E-state index is 14.4. The average molecular weight is 431 g/mol. The molecule has 0 fully saturated rings. The summed E-state index contributed by atoms with van der Waals surface area (Å²) in [5.41, 5.74) is 7.21. The first-order valence-corrected chi connectivity index (χ1v) is 10.7. The normalized spacial score (nSPS) is 27.7. The van der Waals surface area contributed by atoms with Crippen LogP contribution in [-0.4, -0.2) is 24.3 Å². The number of hydrogen-bond donors (Lipinski definition) is 1. The Labute approximate surface area is 186 Å².